The number of fused-ring (bicyclic) bond motifs is 2. The molecule has 3 amide bonds. The highest BCUT2D eigenvalue weighted by molar-refractivity contribution is 8.00. The highest BCUT2D eigenvalue weighted by Gasteiger charge is 2.58. The van der Waals surface area contributed by atoms with Gasteiger partial charge in [0.15, 0.2) is 0 Å². The van der Waals surface area contributed by atoms with Crippen molar-refractivity contribution in [3.8, 4) is 0 Å². The molecule has 0 radical (unpaired) electrons. The Labute approximate surface area is 236 Å². The monoisotopic (exact) mass is 603 g/mol. The number of benzene rings is 2. The maximum absolute atomic E-state index is 13.8. The molecule has 3 atom stereocenters. The summed E-state index contributed by atoms with van der Waals surface area (Å²) in [5, 5.41) is 1.62. The molecule has 2 aliphatic rings. The molecule has 0 saturated carbocycles. The molecule has 0 bridgehead atoms. The molecule has 4 heterocycles. The minimum absolute atomic E-state index is 0.240. The largest absolute Gasteiger partial charge is 0.469 e. The Bertz CT molecular complexity index is 1730. The van der Waals surface area contributed by atoms with Gasteiger partial charge >= 0.3 is 11.0 Å². The van der Waals surface area contributed by atoms with E-state index < -0.39 is 69.5 Å². The van der Waals surface area contributed by atoms with Crippen LogP contribution in [0.3, 0.4) is 0 Å². The Balaban J connectivity index is 1.40. The standard InChI is InChI=1S/C27H17F4N3O5S2/c28-13-7-9-14(10-8-13)32-18(35)12-33-25-22(41-26(33)38)19(17-6-3-11-39-17)20-21(40-25)24(37)34(23(20)36)16-5-2-1-4-15(16)27(29,30)31/h1-11,19-21H,12H2,(H,32,35)/t19-,20-,21+/m0/s1. The number of nitrogens with one attached hydrogen (secondary N) is 1. The van der Waals surface area contributed by atoms with Crippen molar-refractivity contribution >= 4 is 52.2 Å². The van der Waals surface area contributed by atoms with Gasteiger partial charge in [-0.25, -0.2) is 9.29 Å². The van der Waals surface area contributed by atoms with Crippen molar-refractivity contribution in [2.75, 3.05) is 10.2 Å². The van der Waals surface area contributed by atoms with Crippen LogP contribution in [0.25, 0.3) is 0 Å². The predicted molar refractivity (Wildman–Crippen MR) is 141 cm³/mol. The number of imide groups is 1. The van der Waals surface area contributed by atoms with Gasteiger partial charge in [-0.1, -0.05) is 35.2 Å². The minimum Gasteiger partial charge on any atom is -0.469 e. The van der Waals surface area contributed by atoms with Gasteiger partial charge in [-0.05, 0) is 48.5 Å². The quantitative estimate of drug-likeness (QED) is 0.252. The summed E-state index contributed by atoms with van der Waals surface area (Å²) in [6.07, 6.45) is -3.48. The molecule has 210 valence electrons. The summed E-state index contributed by atoms with van der Waals surface area (Å²) in [6.45, 7) is -0.458. The van der Waals surface area contributed by atoms with Crippen molar-refractivity contribution in [2.24, 2.45) is 5.92 Å². The van der Waals surface area contributed by atoms with Crippen molar-refractivity contribution in [3.63, 3.8) is 0 Å². The number of hydrogen-bond acceptors (Lipinski definition) is 7. The number of nitrogens with zero attached hydrogens (tertiary/aromatic N) is 2. The summed E-state index contributed by atoms with van der Waals surface area (Å²) < 4.78 is 61.4. The maximum Gasteiger partial charge on any atom is 0.418 e. The van der Waals surface area contributed by atoms with Gasteiger partial charge in [-0.2, -0.15) is 13.2 Å². The van der Waals surface area contributed by atoms with Crippen LogP contribution in [0.5, 0.6) is 0 Å². The van der Waals surface area contributed by atoms with Gasteiger partial charge in [0.2, 0.25) is 17.7 Å². The second kappa shape index (κ2) is 10.0. The number of aromatic nitrogens is 1. The van der Waals surface area contributed by atoms with Crippen molar-refractivity contribution in [1.29, 1.82) is 0 Å². The fraction of sp³-hybridized carbons (Fsp3) is 0.185. The van der Waals surface area contributed by atoms with Gasteiger partial charge in [-0.3, -0.25) is 23.7 Å². The molecule has 2 aromatic heterocycles. The summed E-state index contributed by atoms with van der Waals surface area (Å²) in [6, 6.07) is 12.4. The van der Waals surface area contributed by atoms with E-state index in [0.29, 0.717) is 15.5 Å². The topological polar surface area (TPSA) is 102 Å². The molecule has 0 spiro atoms. The fourth-order valence-electron chi connectivity index (χ4n) is 5.05. The molecule has 1 saturated heterocycles. The Hall–Kier alpha value is -4.17. The molecule has 41 heavy (non-hydrogen) atoms. The number of anilines is 2. The van der Waals surface area contributed by atoms with Gasteiger partial charge in [0, 0.05) is 5.69 Å². The lowest BCUT2D eigenvalue weighted by molar-refractivity contribution is -0.137. The lowest BCUT2D eigenvalue weighted by atomic mass is 9.86. The zero-order valence-electron chi connectivity index (χ0n) is 20.6. The van der Waals surface area contributed by atoms with E-state index in [-0.39, 0.29) is 10.8 Å². The van der Waals surface area contributed by atoms with Crippen molar-refractivity contribution in [2.45, 2.75) is 28.9 Å². The van der Waals surface area contributed by atoms with E-state index in [2.05, 4.69) is 5.32 Å². The van der Waals surface area contributed by atoms with E-state index in [9.17, 15) is 36.7 Å². The van der Waals surface area contributed by atoms with Gasteiger partial charge in [0.25, 0.3) is 0 Å². The molecule has 2 aromatic carbocycles. The maximum atomic E-state index is 13.8. The molecule has 1 fully saturated rings. The highest BCUT2D eigenvalue weighted by Crippen LogP contribution is 2.54. The molecular formula is C27H17F4N3O5S2. The minimum atomic E-state index is -4.82. The SMILES string of the molecule is O=C(Cn1c2c(sc1=O)[C@@H](c1ccco1)[C@@H]1C(=O)N(c3ccccc3C(F)(F)F)C(=O)[C@@H]1S2)Nc1ccc(F)cc1. The van der Waals surface area contributed by atoms with E-state index in [1.165, 1.54) is 24.5 Å². The lowest BCUT2D eigenvalue weighted by Crippen LogP contribution is -2.33. The second-order valence-corrected chi connectivity index (χ2v) is 11.4. The number of hydrogen-bond donors (Lipinski definition) is 1. The Kier molecular flexibility index (Phi) is 6.61. The third-order valence-corrected chi connectivity index (χ3v) is 9.38. The fourth-order valence-corrected chi connectivity index (χ4v) is 7.81. The zero-order valence-corrected chi connectivity index (χ0v) is 22.2. The van der Waals surface area contributed by atoms with Crippen LogP contribution in [0.2, 0.25) is 0 Å². The Morgan fingerprint density at radius 1 is 0.976 bits per heavy atom. The van der Waals surface area contributed by atoms with E-state index in [1.54, 1.807) is 12.1 Å². The van der Waals surface area contributed by atoms with Gasteiger partial charge in [-0.15, -0.1) is 0 Å². The second-order valence-electron chi connectivity index (χ2n) is 9.26. The van der Waals surface area contributed by atoms with Crippen LogP contribution in [-0.2, 0) is 27.1 Å². The summed E-state index contributed by atoms with van der Waals surface area (Å²) in [5.41, 5.74) is -1.42. The molecule has 1 N–H and O–H groups in total. The van der Waals surface area contributed by atoms with Crippen LogP contribution in [0.1, 0.15) is 22.1 Å². The Morgan fingerprint density at radius 2 is 1.71 bits per heavy atom. The smallest absolute Gasteiger partial charge is 0.418 e. The van der Waals surface area contributed by atoms with E-state index in [0.717, 1.165) is 58.0 Å². The normalized spacial score (nSPS) is 20.2. The van der Waals surface area contributed by atoms with Crippen LogP contribution in [-0.4, -0.2) is 27.5 Å². The first-order valence-corrected chi connectivity index (χ1v) is 13.8. The summed E-state index contributed by atoms with van der Waals surface area (Å²) in [5.74, 6) is -4.69. The number of rotatable bonds is 5. The van der Waals surface area contributed by atoms with Crippen LogP contribution in [0.15, 0.2) is 81.2 Å². The average Bonchev–Trinajstić information content (AvgIpc) is 3.62. The summed E-state index contributed by atoms with van der Waals surface area (Å²) >= 11 is 1.62. The zero-order chi connectivity index (χ0) is 29.1. The number of thioether (sulfide) groups is 1. The molecule has 4 aromatic rings. The molecular weight excluding hydrogens is 586 g/mol. The number of halogens is 4. The number of carbonyl (C=O) groups excluding carboxylic acids is 3. The number of para-hydroxylation sites is 1. The van der Waals surface area contributed by atoms with Gasteiger partial charge < -0.3 is 9.73 Å². The van der Waals surface area contributed by atoms with Crippen LogP contribution in [0, 0.1) is 11.7 Å². The number of carbonyl (C=O) groups is 3. The number of thiazole rings is 1. The number of alkyl halides is 3. The summed E-state index contributed by atoms with van der Waals surface area (Å²) in [4.78, 5) is 53.7. The van der Waals surface area contributed by atoms with E-state index in [1.807, 2.05) is 0 Å². The van der Waals surface area contributed by atoms with Crippen LogP contribution < -0.4 is 15.1 Å². The molecule has 6 rings (SSSR count). The molecule has 0 aliphatic carbocycles. The van der Waals surface area contributed by atoms with Crippen LogP contribution in [0.4, 0.5) is 28.9 Å². The van der Waals surface area contributed by atoms with Crippen molar-refractivity contribution < 1.29 is 36.4 Å². The Morgan fingerprint density at radius 3 is 2.39 bits per heavy atom. The molecule has 2 aliphatic heterocycles. The van der Waals surface area contributed by atoms with Crippen LogP contribution >= 0.6 is 23.1 Å². The van der Waals surface area contributed by atoms with Gasteiger partial charge in [0.1, 0.15) is 23.4 Å². The number of amides is 3. The number of furan rings is 1. The first-order valence-electron chi connectivity index (χ1n) is 12.1. The van der Waals surface area contributed by atoms with E-state index >= 15 is 0 Å². The first-order chi connectivity index (χ1) is 19.5. The average molecular weight is 604 g/mol. The predicted octanol–water partition coefficient (Wildman–Crippen LogP) is 5.10. The molecule has 0 unspecified atom stereocenters. The van der Waals surface area contributed by atoms with Gasteiger partial charge in [0.05, 0.1) is 39.3 Å². The molecule has 8 nitrogen and oxygen atoms in total. The molecule has 14 heteroatoms. The van der Waals surface area contributed by atoms with Crippen molar-refractivity contribution in [1.82, 2.24) is 4.57 Å². The third kappa shape index (κ3) is 4.66. The summed E-state index contributed by atoms with van der Waals surface area (Å²) in [7, 11) is 0. The van der Waals surface area contributed by atoms with Crippen molar-refractivity contribution in [3.05, 3.63) is 98.6 Å². The first kappa shape index (κ1) is 27.0. The lowest BCUT2D eigenvalue weighted by Gasteiger charge is -2.29. The van der Waals surface area contributed by atoms with E-state index in [4.69, 9.17) is 4.42 Å². The third-order valence-electron chi connectivity index (χ3n) is 6.78. The highest BCUT2D eigenvalue weighted by atomic mass is 32.2.